The minimum absolute atomic E-state index is 0.0942. The summed E-state index contributed by atoms with van der Waals surface area (Å²) < 4.78 is 8.40. The lowest BCUT2D eigenvalue weighted by atomic mass is 9.80. The number of benzene rings is 1. The van der Waals surface area contributed by atoms with Gasteiger partial charge in [0.05, 0.1) is 22.5 Å². The van der Waals surface area contributed by atoms with E-state index in [0.29, 0.717) is 40.4 Å². The normalized spacial score (nSPS) is 17.5. The van der Waals surface area contributed by atoms with E-state index in [9.17, 15) is 29.4 Å². The van der Waals surface area contributed by atoms with E-state index in [0.717, 1.165) is 46.3 Å². The number of aliphatic hydroxyl groups excluding tert-OH is 1. The van der Waals surface area contributed by atoms with Gasteiger partial charge in [0.2, 0.25) is 0 Å². The molecule has 1 saturated carbocycles. The summed E-state index contributed by atoms with van der Waals surface area (Å²) in [6.07, 6.45) is 3.14. The molecule has 1 unspecified atom stereocenters. The van der Waals surface area contributed by atoms with E-state index >= 15 is 0 Å². The maximum atomic E-state index is 14.0. The van der Waals surface area contributed by atoms with Gasteiger partial charge in [-0.1, -0.05) is 18.6 Å². The number of hydrogen-bond donors (Lipinski definition) is 3. The number of carbonyl (C=O) groups is 2. The Bertz CT molecular complexity index is 1620. The van der Waals surface area contributed by atoms with Gasteiger partial charge >= 0.3 is 11.7 Å². The van der Waals surface area contributed by atoms with Gasteiger partial charge in [-0.05, 0) is 95.9 Å². The Morgan fingerprint density at radius 3 is 2.55 bits per heavy atom. The van der Waals surface area contributed by atoms with Gasteiger partial charge < -0.3 is 20.3 Å². The molecule has 2 heterocycles. The van der Waals surface area contributed by atoms with Crippen molar-refractivity contribution in [3.63, 3.8) is 0 Å². The highest BCUT2D eigenvalue weighted by Gasteiger charge is 2.36. The second-order valence-corrected chi connectivity index (χ2v) is 12.8. The predicted molar refractivity (Wildman–Crippen MR) is 163 cm³/mol. The lowest BCUT2D eigenvalue weighted by Crippen LogP contribution is -2.52. The van der Waals surface area contributed by atoms with Gasteiger partial charge in [0.15, 0.2) is 0 Å². The number of carboxylic acids is 1. The molecule has 3 aromatic rings. The first-order valence-corrected chi connectivity index (χ1v) is 15.4. The lowest BCUT2D eigenvalue weighted by molar-refractivity contribution is -0.146. The number of rotatable bonds is 10. The fourth-order valence-corrected chi connectivity index (χ4v) is 7.09. The fourth-order valence-electron chi connectivity index (χ4n) is 5.86. The molecule has 1 amide bonds. The first kappa shape index (κ1) is 31.5. The topological polar surface area (TPSA) is 140 Å². The quantitative estimate of drug-likeness (QED) is 0.318. The van der Waals surface area contributed by atoms with Crippen LogP contribution in [0.25, 0.3) is 10.2 Å². The van der Waals surface area contributed by atoms with Crippen LogP contribution < -0.4 is 21.3 Å². The lowest BCUT2D eigenvalue weighted by Gasteiger charge is -2.29. The summed E-state index contributed by atoms with van der Waals surface area (Å²) in [4.78, 5) is 53.5. The van der Waals surface area contributed by atoms with Gasteiger partial charge in [-0.25, -0.2) is 14.2 Å². The van der Waals surface area contributed by atoms with E-state index < -0.39 is 22.8 Å². The molecule has 1 aromatic carbocycles. The Morgan fingerprint density at radius 1 is 1.21 bits per heavy atom. The Hall–Kier alpha value is -3.44. The van der Waals surface area contributed by atoms with E-state index in [1.807, 2.05) is 32.0 Å². The third-order valence-corrected chi connectivity index (χ3v) is 9.36. The molecule has 1 aliphatic rings. The van der Waals surface area contributed by atoms with Crippen LogP contribution in [0.3, 0.4) is 0 Å². The molecule has 0 saturated heterocycles. The predicted octanol–water partition coefficient (Wildman–Crippen LogP) is 4.15. The standard InChI is InChI=1S/C31H41N3O7S/c1-7-32-26(36)25-18(4)24-27(37)34(31(5,6)29(38)39)30(40)33(28(24)42-25)15-14-22-21(19-10-8-11-20(35)16-19)12-9-13-23(22)41-17(2)3/h9,12-13,17,19-20,35H,7-8,10-11,14-16H2,1-6H3,(H,32,36)(H,38,39)/t19?,20-/m1/s1. The van der Waals surface area contributed by atoms with E-state index in [4.69, 9.17) is 4.74 Å². The summed E-state index contributed by atoms with van der Waals surface area (Å²) in [5, 5.41) is 23.3. The summed E-state index contributed by atoms with van der Waals surface area (Å²) in [5.74, 6) is -0.855. The van der Waals surface area contributed by atoms with Gasteiger partial charge in [-0.2, -0.15) is 0 Å². The number of aromatic nitrogens is 2. The number of amides is 1. The van der Waals surface area contributed by atoms with Crippen LogP contribution in [0, 0.1) is 6.92 Å². The Labute approximate surface area is 248 Å². The number of fused-ring (bicyclic) bond motifs is 1. The van der Waals surface area contributed by atoms with E-state index in [-0.39, 0.29) is 36.0 Å². The minimum atomic E-state index is -1.83. The van der Waals surface area contributed by atoms with Crippen molar-refractivity contribution in [3.05, 3.63) is 60.6 Å². The molecule has 10 nitrogen and oxygen atoms in total. The SMILES string of the molecule is CCNC(=O)c1sc2c(c1C)c(=O)n(C(C)(C)C(=O)O)c(=O)n2CCc1c(OC(C)C)cccc1C1CCC[C@@H](O)C1. The van der Waals surface area contributed by atoms with Crippen LogP contribution in [0.5, 0.6) is 5.75 Å². The number of ether oxygens (including phenoxy) is 1. The minimum Gasteiger partial charge on any atom is -0.491 e. The van der Waals surface area contributed by atoms with Crippen molar-refractivity contribution in [2.24, 2.45) is 0 Å². The van der Waals surface area contributed by atoms with Gasteiger partial charge in [0.1, 0.15) is 16.1 Å². The van der Waals surface area contributed by atoms with Crippen LogP contribution in [0.2, 0.25) is 0 Å². The highest BCUT2D eigenvalue weighted by atomic mass is 32.1. The maximum Gasteiger partial charge on any atom is 0.333 e. The Morgan fingerprint density at radius 2 is 1.93 bits per heavy atom. The third kappa shape index (κ3) is 5.89. The maximum absolute atomic E-state index is 14.0. The number of carbonyl (C=O) groups excluding carboxylic acids is 1. The number of hydrogen-bond acceptors (Lipinski definition) is 7. The fraction of sp³-hybridized carbons (Fsp3) is 0.548. The summed E-state index contributed by atoms with van der Waals surface area (Å²) >= 11 is 1.06. The third-order valence-electron chi connectivity index (χ3n) is 8.04. The second-order valence-electron chi connectivity index (χ2n) is 11.8. The average Bonchev–Trinajstić information content (AvgIpc) is 3.26. The molecule has 2 aromatic heterocycles. The van der Waals surface area contributed by atoms with Crippen LogP contribution in [0.1, 0.15) is 92.6 Å². The molecular formula is C31H41N3O7S. The highest BCUT2D eigenvalue weighted by Crippen LogP contribution is 2.38. The molecule has 0 bridgehead atoms. The molecule has 4 rings (SSSR count). The number of aliphatic carboxylic acids is 1. The van der Waals surface area contributed by atoms with Crippen molar-refractivity contribution in [3.8, 4) is 5.75 Å². The number of carboxylic acid groups (broad SMARTS) is 1. The smallest absolute Gasteiger partial charge is 0.333 e. The zero-order valence-corrected chi connectivity index (χ0v) is 26.0. The molecule has 228 valence electrons. The summed E-state index contributed by atoms with van der Waals surface area (Å²) in [7, 11) is 0. The molecule has 1 aliphatic carbocycles. The number of thiophene rings is 1. The molecule has 0 radical (unpaired) electrons. The van der Waals surface area contributed by atoms with E-state index in [1.54, 1.807) is 13.8 Å². The molecule has 2 atom stereocenters. The molecule has 0 aliphatic heterocycles. The van der Waals surface area contributed by atoms with Crippen molar-refractivity contribution >= 4 is 33.4 Å². The first-order valence-electron chi connectivity index (χ1n) is 14.6. The largest absolute Gasteiger partial charge is 0.491 e. The zero-order chi connectivity index (χ0) is 30.9. The van der Waals surface area contributed by atoms with Gasteiger partial charge in [-0.3, -0.25) is 14.2 Å². The Balaban J connectivity index is 1.92. The second kappa shape index (κ2) is 12.4. The number of nitrogens with one attached hydrogen (secondary N) is 1. The van der Waals surface area contributed by atoms with E-state index in [1.165, 1.54) is 18.4 Å². The van der Waals surface area contributed by atoms with Crippen molar-refractivity contribution in [2.45, 2.75) is 104 Å². The summed E-state index contributed by atoms with van der Waals surface area (Å²) in [6, 6.07) is 5.88. The average molecular weight is 600 g/mol. The molecule has 0 spiro atoms. The Kier molecular flexibility index (Phi) is 9.32. The zero-order valence-electron chi connectivity index (χ0n) is 25.2. The van der Waals surface area contributed by atoms with Gasteiger partial charge in [-0.15, -0.1) is 11.3 Å². The van der Waals surface area contributed by atoms with Crippen molar-refractivity contribution in [1.29, 1.82) is 0 Å². The van der Waals surface area contributed by atoms with Crippen molar-refractivity contribution in [2.75, 3.05) is 6.54 Å². The van der Waals surface area contributed by atoms with Crippen LogP contribution >= 0.6 is 11.3 Å². The molecule has 1 fully saturated rings. The molecule has 42 heavy (non-hydrogen) atoms. The van der Waals surface area contributed by atoms with E-state index in [2.05, 4.69) is 5.32 Å². The molecular weight excluding hydrogens is 558 g/mol. The van der Waals surface area contributed by atoms with Crippen molar-refractivity contribution < 1.29 is 24.5 Å². The van der Waals surface area contributed by atoms with Crippen LogP contribution in [0.4, 0.5) is 0 Å². The summed E-state index contributed by atoms with van der Waals surface area (Å²) in [5.41, 5.74) is -0.927. The van der Waals surface area contributed by atoms with Gasteiger partial charge in [0.25, 0.3) is 11.5 Å². The molecule has 3 N–H and O–H groups in total. The van der Waals surface area contributed by atoms with Crippen LogP contribution in [0.15, 0.2) is 27.8 Å². The van der Waals surface area contributed by atoms with Gasteiger partial charge in [0, 0.05) is 13.1 Å². The number of aryl methyl sites for hydroxylation is 2. The highest BCUT2D eigenvalue weighted by molar-refractivity contribution is 7.20. The summed E-state index contributed by atoms with van der Waals surface area (Å²) in [6.45, 7) is 10.5. The van der Waals surface area contributed by atoms with Crippen molar-refractivity contribution in [1.82, 2.24) is 14.5 Å². The monoisotopic (exact) mass is 599 g/mol. The first-order chi connectivity index (χ1) is 19.8. The number of nitrogens with zero attached hydrogens (tertiary/aromatic N) is 2. The van der Waals surface area contributed by atoms with Crippen LogP contribution in [-0.2, 0) is 23.3 Å². The number of aliphatic hydroxyl groups is 1. The molecule has 11 heteroatoms. The van der Waals surface area contributed by atoms with Crippen LogP contribution in [-0.4, -0.2) is 50.0 Å².